The first-order chi connectivity index (χ1) is 13.6. The molecular weight excluding hydrogens is 398 g/mol. The van der Waals surface area contributed by atoms with E-state index in [0.717, 1.165) is 10.4 Å². The van der Waals surface area contributed by atoms with E-state index in [-0.39, 0.29) is 19.1 Å². The lowest BCUT2D eigenvalue weighted by atomic mass is 10.1. The Labute approximate surface area is 170 Å². The van der Waals surface area contributed by atoms with E-state index in [1.165, 1.54) is 29.8 Å². The Bertz CT molecular complexity index is 949. The molecule has 1 N–H and O–H groups in total. The molecule has 28 heavy (non-hydrogen) atoms. The molecule has 6 nitrogen and oxygen atoms in total. The smallest absolute Gasteiger partial charge is 0.341 e. The molecule has 0 saturated heterocycles. The SMILES string of the molecule is CCOC(=O)c1c(-c2cccs2)csc1NC(=O)COc1ccccc1OC. The van der Waals surface area contributed by atoms with Crippen LogP contribution in [0, 0.1) is 0 Å². The van der Waals surface area contributed by atoms with Crippen molar-refractivity contribution in [3.8, 4) is 21.9 Å². The van der Waals surface area contributed by atoms with Crippen molar-refractivity contribution in [3.05, 3.63) is 52.7 Å². The van der Waals surface area contributed by atoms with Gasteiger partial charge in [0.2, 0.25) is 0 Å². The highest BCUT2D eigenvalue weighted by atomic mass is 32.1. The first-order valence-corrected chi connectivity index (χ1v) is 10.3. The van der Waals surface area contributed by atoms with E-state index in [2.05, 4.69) is 5.32 Å². The van der Waals surface area contributed by atoms with Gasteiger partial charge in [-0.3, -0.25) is 4.79 Å². The van der Waals surface area contributed by atoms with Crippen LogP contribution in [0.2, 0.25) is 0 Å². The Balaban J connectivity index is 1.76. The Morgan fingerprint density at radius 3 is 2.54 bits per heavy atom. The number of benzene rings is 1. The van der Waals surface area contributed by atoms with Gasteiger partial charge in [0.25, 0.3) is 5.91 Å². The molecule has 0 spiro atoms. The van der Waals surface area contributed by atoms with E-state index in [4.69, 9.17) is 14.2 Å². The second-order valence-electron chi connectivity index (χ2n) is 5.54. The summed E-state index contributed by atoms with van der Waals surface area (Å²) < 4.78 is 15.9. The molecule has 0 aliphatic heterocycles. The van der Waals surface area contributed by atoms with E-state index >= 15 is 0 Å². The van der Waals surface area contributed by atoms with Crippen molar-refractivity contribution in [1.82, 2.24) is 0 Å². The predicted molar refractivity (Wildman–Crippen MR) is 111 cm³/mol. The average molecular weight is 418 g/mol. The number of rotatable bonds is 8. The quantitative estimate of drug-likeness (QED) is 0.539. The van der Waals surface area contributed by atoms with Crippen LogP contribution in [-0.2, 0) is 9.53 Å². The molecule has 0 aliphatic carbocycles. The number of para-hydroxylation sites is 2. The zero-order valence-corrected chi connectivity index (χ0v) is 17.0. The summed E-state index contributed by atoms with van der Waals surface area (Å²) in [5, 5.41) is 6.97. The van der Waals surface area contributed by atoms with Crippen LogP contribution in [0.1, 0.15) is 17.3 Å². The second kappa shape index (κ2) is 9.38. The van der Waals surface area contributed by atoms with Crippen LogP contribution >= 0.6 is 22.7 Å². The summed E-state index contributed by atoms with van der Waals surface area (Å²) in [6.45, 7) is 1.78. The Hall–Kier alpha value is -2.84. The number of hydrogen-bond donors (Lipinski definition) is 1. The molecule has 0 aliphatic rings. The third-order valence-electron chi connectivity index (χ3n) is 3.74. The van der Waals surface area contributed by atoms with Crippen molar-refractivity contribution in [2.24, 2.45) is 0 Å². The molecule has 3 aromatic rings. The molecule has 3 rings (SSSR count). The molecule has 0 fully saturated rings. The maximum atomic E-state index is 12.5. The van der Waals surface area contributed by atoms with Gasteiger partial charge in [-0.25, -0.2) is 4.79 Å². The minimum Gasteiger partial charge on any atom is -0.493 e. The van der Waals surface area contributed by atoms with E-state index in [9.17, 15) is 9.59 Å². The zero-order valence-electron chi connectivity index (χ0n) is 15.4. The summed E-state index contributed by atoms with van der Waals surface area (Å²) in [4.78, 5) is 25.8. The third kappa shape index (κ3) is 4.52. The van der Waals surface area contributed by atoms with Gasteiger partial charge in [-0.1, -0.05) is 18.2 Å². The normalized spacial score (nSPS) is 10.4. The minimum atomic E-state index is -0.465. The highest BCUT2D eigenvalue weighted by Crippen LogP contribution is 2.38. The van der Waals surface area contributed by atoms with Crippen molar-refractivity contribution in [2.45, 2.75) is 6.92 Å². The van der Waals surface area contributed by atoms with Crippen molar-refractivity contribution in [1.29, 1.82) is 0 Å². The van der Waals surface area contributed by atoms with Gasteiger partial charge in [0.15, 0.2) is 18.1 Å². The first kappa shape index (κ1) is 19.9. The van der Waals surface area contributed by atoms with Crippen LogP contribution < -0.4 is 14.8 Å². The van der Waals surface area contributed by atoms with Crippen molar-refractivity contribution >= 4 is 39.6 Å². The Morgan fingerprint density at radius 1 is 1.07 bits per heavy atom. The number of methoxy groups -OCH3 is 1. The maximum absolute atomic E-state index is 12.5. The molecule has 0 atom stereocenters. The van der Waals surface area contributed by atoms with Crippen LogP contribution in [-0.4, -0.2) is 32.2 Å². The molecule has 0 radical (unpaired) electrons. The van der Waals surface area contributed by atoms with E-state index < -0.39 is 5.97 Å². The Morgan fingerprint density at radius 2 is 1.86 bits per heavy atom. The first-order valence-electron chi connectivity index (χ1n) is 8.52. The number of esters is 1. The minimum absolute atomic E-state index is 0.213. The number of thiophene rings is 2. The van der Waals surface area contributed by atoms with Crippen molar-refractivity contribution < 1.29 is 23.8 Å². The van der Waals surface area contributed by atoms with E-state index in [1.807, 2.05) is 29.0 Å². The summed E-state index contributed by atoms with van der Waals surface area (Å²) in [6, 6.07) is 10.9. The second-order valence-corrected chi connectivity index (χ2v) is 7.37. The summed E-state index contributed by atoms with van der Waals surface area (Å²) in [5.41, 5.74) is 1.11. The molecule has 1 aromatic carbocycles. The van der Waals surface area contributed by atoms with Gasteiger partial charge in [-0.2, -0.15) is 0 Å². The predicted octanol–water partition coefficient (Wildman–Crippen LogP) is 4.68. The average Bonchev–Trinajstić information content (AvgIpc) is 3.36. The highest BCUT2D eigenvalue weighted by molar-refractivity contribution is 7.17. The van der Waals surface area contributed by atoms with Crippen LogP contribution in [0.3, 0.4) is 0 Å². The fourth-order valence-electron chi connectivity index (χ4n) is 2.51. The molecule has 1 amide bonds. The maximum Gasteiger partial charge on any atom is 0.341 e. The number of amides is 1. The van der Waals surface area contributed by atoms with E-state index in [0.29, 0.717) is 22.1 Å². The monoisotopic (exact) mass is 417 g/mol. The lowest BCUT2D eigenvalue weighted by molar-refractivity contribution is -0.118. The topological polar surface area (TPSA) is 73.9 Å². The van der Waals surface area contributed by atoms with Gasteiger partial charge in [0.05, 0.1) is 13.7 Å². The van der Waals surface area contributed by atoms with Gasteiger partial charge in [0.1, 0.15) is 10.6 Å². The zero-order chi connectivity index (χ0) is 19.9. The van der Waals surface area contributed by atoms with Gasteiger partial charge < -0.3 is 19.5 Å². The summed E-state index contributed by atoms with van der Waals surface area (Å²) in [5.74, 6) is 0.166. The van der Waals surface area contributed by atoms with E-state index in [1.54, 1.807) is 25.1 Å². The number of hydrogen-bond acceptors (Lipinski definition) is 7. The molecule has 0 saturated carbocycles. The molecule has 146 valence electrons. The molecule has 2 aromatic heterocycles. The molecule has 0 bridgehead atoms. The fourth-order valence-corrected chi connectivity index (χ4v) is 4.30. The third-order valence-corrected chi connectivity index (χ3v) is 5.54. The van der Waals surface area contributed by atoms with Gasteiger partial charge in [-0.05, 0) is 30.5 Å². The summed E-state index contributed by atoms with van der Waals surface area (Å²) in [7, 11) is 1.53. The highest BCUT2D eigenvalue weighted by Gasteiger charge is 2.23. The molecular formula is C20H19NO5S2. The van der Waals surface area contributed by atoms with Gasteiger partial charge in [-0.15, -0.1) is 22.7 Å². The van der Waals surface area contributed by atoms with Crippen LogP contribution in [0.5, 0.6) is 11.5 Å². The lowest BCUT2D eigenvalue weighted by Crippen LogP contribution is -2.21. The standard InChI is InChI=1S/C20H19NO5S2/c1-3-25-20(23)18-13(16-9-6-10-27-16)12-28-19(18)21-17(22)11-26-15-8-5-4-7-14(15)24-2/h4-10,12H,3,11H2,1-2H3,(H,21,22). The van der Waals surface area contributed by atoms with Gasteiger partial charge >= 0.3 is 5.97 Å². The van der Waals surface area contributed by atoms with Crippen LogP contribution in [0.25, 0.3) is 10.4 Å². The van der Waals surface area contributed by atoms with Crippen LogP contribution in [0.15, 0.2) is 47.2 Å². The summed E-state index contributed by atoms with van der Waals surface area (Å²) in [6.07, 6.45) is 0. The molecule has 8 heteroatoms. The molecule has 0 unspecified atom stereocenters. The fraction of sp³-hybridized carbons (Fsp3) is 0.200. The number of ether oxygens (including phenoxy) is 3. The lowest BCUT2D eigenvalue weighted by Gasteiger charge is -2.11. The molecule has 2 heterocycles. The largest absolute Gasteiger partial charge is 0.493 e. The summed E-state index contributed by atoms with van der Waals surface area (Å²) >= 11 is 2.80. The van der Waals surface area contributed by atoms with Crippen molar-refractivity contribution in [2.75, 3.05) is 25.6 Å². The number of carbonyl (C=O) groups is 2. The Kier molecular flexibility index (Phi) is 6.67. The number of carbonyl (C=O) groups excluding carboxylic acids is 2. The number of nitrogens with one attached hydrogen (secondary N) is 1. The van der Waals surface area contributed by atoms with Crippen LogP contribution in [0.4, 0.5) is 5.00 Å². The van der Waals surface area contributed by atoms with Gasteiger partial charge in [0, 0.05) is 15.8 Å². The van der Waals surface area contributed by atoms with Crippen molar-refractivity contribution in [3.63, 3.8) is 0 Å². The number of anilines is 1.